The Morgan fingerprint density at radius 2 is 2.30 bits per heavy atom. The van der Waals surface area contributed by atoms with E-state index in [-0.39, 0.29) is 5.91 Å². The predicted octanol–water partition coefficient (Wildman–Crippen LogP) is 2.85. The van der Waals surface area contributed by atoms with Crippen molar-refractivity contribution >= 4 is 34.7 Å². The van der Waals surface area contributed by atoms with Gasteiger partial charge in [-0.3, -0.25) is 4.79 Å². The summed E-state index contributed by atoms with van der Waals surface area (Å²) in [7, 11) is 0. The summed E-state index contributed by atoms with van der Waals surface area (Å²) in [6.45, 7) is 3.21. The van der Waals surface area contributed by atoms with Gasteiger partial charge in [-0.15, -0.1) is 0 Å². The van der Waals surface area contributed by atoms with Crippen molar-refractivity contribution in [2.45, 2.75) is 37.4 Å². The van der Waals surface area contributed by atoms with Gasteiger partial charge in [-0.05, 0) is 49.6 Å². The molecule has 1 aromatic carbocycles. The molecule has 0 aromatic heterocycles. The third-order valence-corrected chi connectivity index (χ3v) is 5.66. The first-order valence-electron chi connectivity index (χ1n) is 7.16. The molecule has 1 amide bonds. The van der Waals surface area contributed by atoms with Crippen LogP contribution in [0.4, 0.5) is 17.1 Å². The van der Waals surface area contributed by atoms with E-state index in [2.05, 4.69) is 17.6 Å². The molecule has 4 nitrogen and oxygen atoms in total. The lowest BCUT2D eigenvalue weighted by Gasteiger charge is -2.25. The molecule has 0 bridgehead atoms. The van der Waals surface area contributed by atoms with Crippen molar-refractivity contribution in [1.29, 1.82) is 0 Å². The number of nitrogens with one attached hydrogen (secondary N) is 2. The van der Waals surface area contributed by atoms with Crippen LogP contribution in [0.2, 0.25) is 0 Å². The van der Waals surface area contributed by atoms with Crippen LogP contribution in [0.3, 0.4) is 0 Å². The summed E-state index contributed by atoms with van der Waals surface area (Å²) in [4.78, 5) is 11.5. The lowest BCUT2D eigenvalue weighted by atomic mass is 10.0. The first-order valence-corrected chi connectivity index (χ1v) is 8.14. The molecule has 3 rings (SSSR count). The molecular formula is C15H21N3OS. The second-order valence-electron chi connectivity index (χ2n) is 5.90. The van der Waals surface area contributed by atoms with E-state index in [1.807, 2.05) is 23.9 Å². The van der Waals surface area contributed by atoms with Crippen LogP contribution in [0.15, 0.2) is 12.1 Å². The van der Waals surface area contributed by atoms with Crippen LogP contribution in [0.1, 0.15) is 31.7 Å². The van der Waals surface area contributed by atoms with E-state index in [0.717, 1.165) is 35.6 Å². The van der Waals surface area contributed by atoms with Crippen molar-refractivity contribution in [2.75, 3.05) is 28.7 Å². The predicted molar refractivity (Wildman–Crippen MR) is 86.4 cm³/mol. The number of aryl methyl sites for hydroxylation is 1. The number of anilines is 3. The lowest BCUT2D eigenvalue weighted by molar-refractivity contribution is -0.116. The highest BCUT2D eigenvalue weighted by Crippen LogP contribution is 2.38. The Labute approximate surface area is 123 Å². The number of fused-ring (bicyclic) bond motifs is 1. The summed E-state index contributed by atoms with van der Waals surface area (Å²) in [5.74, 6) is 1.33. The van der Waals surface area contributed by atoms with Crippen LogP contribution in [0.5, 0.6) is 0 Å². The molecule has 20 heavy (non-hydrogen) atoms. The number of rotatable bonds is 3. The topological polar surface area (TPSA) is 67.1 Å². The van der Waals surface area contributed by atoms with Gasteiger partial charge in [0.15, 0.2) is 0 Å². The molecule has 1 aromatic rings. The largest absolute Gasteiger partial charge is 0.397 e. The van der Waals surface area contributed by atoms with Gasteiger partial charge in [-0.25, -0.2) is 0 Å². The zero-order valence-electron chi connectivity index (χ0n) is 11.8. The minimum absolute atomic E-state index is 0.0894. The third kappa shape index (κ3) is 2.73. The van der Waals surface area contributed by atoms with E-state index in [0.29, 0.717) is 11.2 Å². The molecule has 2 aliphatic rings. The van der Waals surface area contributed by atoms with Crippen molar-refractivity contribution in [2.24, 2.45) is 0 Å². The summed E-state index contributed by atoms with van der Waals surface area (Å²) in [5, 5.41) is 6.39. The van der Waals surface area contributed by atoms with Crippen LogP contribution in [0, 0.1) is 0 Å². The fourth-order valence-electron chi connectivity index (χ4n) is 2.86. The first kappa shape index (κ1) is 13.6. The maximum Gasteiger partial charge on any atom is 0.224 e. The smallest absolute Gasteiger partial charge is 0.224 e. The second kappa shape index (κ2) is 5.20. The molecule has 1 saturated heterocycles. The Bertz CT molecular complexity index is 538. The maximum absolute atomic E-state index is 11.5. The highest BCUT2D eigenvalue weighted by molar-refractivity contribution is 8.00. The Balaban J connectivity index is 1.76. The van der Waals surface area contributed by atoms with Gasteiger partial charge in [-0.1, -0.05) is 0 Å². The molecule has 0 aliphatic carbocycles. The Hall–Kier alpha value is -1.36. The summed E-state index contributed by atoms with van der Waals surface area (Å²) in [5.41, 5.74) is 9.86. The van der Waals surface area contributed by atoms with Crippen LogP contribution < -0.4 is 16.4 Å². The quantitative estimate of drug-likeness (QED) is 0.749. The van der Waals surface area contributed by atoms with Gasteiger partial charge < -0.3 is 16.4 Å². The zero-order chi connectivity index (χ0) is 14.2. The number of hydrogen-bond acceptors (Lipinski definition) is 4. The van der Waals surface area contributed by atoms with Gasteiger partial charge in [0.2, 0.25) is 5.91 Å². The number of hydrogen-bond donors (Lipinski definition) is 3. The van der Waals surface area contributed by atoms with Crippen LogP contribution in [0.25, 0.3) is 0 Å². The molecule has 4 N–H and O–H groups in total. The highest BCUT2D eigenvalue weighted by atomic mass is 32.2. The molecule has 1 unspecified atom stereocenters. The summed E-state index contributed by atoms with van der Waals surface area (Å²) in [6.07, 6.45) is 3.86. The standard InChI is InChI=1S/C15H21N3OS/c1-15(5-2-6-20-15)9-17-13-8-12-10(7-11(13)16)3-4-14(19)18-12/h7-8,17H,2-6,9,16H2,1H3,(H,18,19). The Morgan fingerprint density at radius 1 is 1.45 bits per heavy atom. The molecule has 2 heterocycles. The molecule has 1 fully saturated rings. The van der Waals surface area contributed by atoms with Crippen LogP contribution in [-0.2, 0) is 11.2 Å². The van der Waals surface area contributed by atoms with E-state index in [1.54, 1.807) is 0 Å². The number of amides is 1. The van der Waals surface area contributed by atoms with E-state index in [1.165, 1.54) is 18.6 Å². The van der Waals surface area contributed by atoms with Crippen molar-refractivity contribution in [3.8, 4) is 0 Å². The minimum Gasteiger partial charge on any atom is -0.397 e. The Morgan fingerprint density at radius 3 is 3.05 bits per heavy atom. The fourth-order valence-corrected chi connectivity index (χ4v) is 4.10. The fraction of sp³-hybridized carbons (Fsp3) is 0.533. The van der Waals surface area contributed by atoms with Gasteiger partial charge in [0.05, 0.1) is 11.4 Å². The summed E-state index contributed by atoms with van der Waals surface area (Å²) < 4.78 is 0.297. The number of benzene rings is 1. The van der Waals surface area contributed by atoms with E-state index in [4.69, 9.17) is 5.73 Å². The number of nitrogens with two attached hydrogens (primary N) is 1. The van der Waals surface area contributed by atoms with Gasteiger partial charge in [0.25, 0.3) is 0 Å². The van der Waals surface area contributed by atoms with E-state index in [9.17, 15) is 4.79 Å². The van der Waals surface area contributed by atoms with Crippen molar-refractivity contribution in [1.82, 2.24) is 0 Å². The number of carbonyl (C=O) groups excluding carboxylic acids is 1. The number of nitrogen functional groups attached to an aromatic ring is 1. The molecule has 0 spiro atoms. The summed E-state index contributed by atoms with van der Waals surface area (Å²) >= 11 is 2.03. The van der Waals surface area contributed by atoms with Gasteiger partial charge >= 0.3 is 0 Å². The summed E-state index contributed by atoms with van der Waals surface area (Å²) in [6, 6.07) is 3.96. The molecular weight excluding hydrogens is 270 g/mol. The van der Waals surface area contributed by atoms with E-state index < -0.39 is 0 Å². The molecule has 2 aliphatic heterocycles. The van der Waals surface area contributed by atoms with Crippen LogP contribution >= 0.6 is 11.8 Å². The second-order valence-corrected chi connectivity index (χ2v) is 7.58. The van der Waals surface area contributed by atoms with Crippen molar-refractivity contribution < 1.29 is 4.79 Å². The maximum atomic E-state index is 11.5. The zero-order valence-corrected chi connectivity index (χ0v) is 12.6. The molecule has 0 saturated carbocycles. The van der Waals surface area contributed by atoms with Gasteiger partial charge in [0, 0.05) is 23.4 Å². The number of thioether (sulfide) groups is 1. The molecule has 108 valence electrons. The molecule has 5 heteroatoms. The van der Waals surface area contributed by atoms with Crippen molar-refractivity contribution in [3.05, 3.63) is 17.7 Å². The normalized spacial score (nSPS) is 25.1. The average Bonchev–Trinajstić information content (AvgIpc) is 2.84. The SMILES string of the molecule is CC1(CNc2cc3c(cc2N)CCC(=O)N3)CCCS1. The molecule has 1 atom stereocenters. The average molecular weight is 291 g/mol. The van der Waals surface area contributed by atoms with Gasteiger partial charge in [-0.2, -0.15) is 11.8 Å². The molecule has 0 radical (unpaired) electrons. The minimum atomic E-state index is 0.0894. The Kier molecular flexibility index (Phi) is 3.54. The van der Waals surface area contributed by atoms with Crippen molar-refractivity contribution in [3.63, 3.8) is 0 Å². The van der Waals surface area contributed by atoms with Gasteiger partial charge in [0.1, 0.15) is 0 Å². The first-order chi connectivity index (χ1) is 9.56. The van der Waals surface area contributed by atoms with E-state index >= 15 is 0 Å². The highest BCUT2D eigenvalue weighted by Gasteiger charge is 2.29. The third-order valence-electron chi connectivity index (χ3n) is 4.12. The lowest BCUT2D eigenvalue weighted by Crippen LogP contribution is -2.27. The van der Waals surface area contributed by atoms with Crippen LogP contribution in [-0.4, -0.2) is 23.0 Å². The number of carbonyl (C=O) groups is 1. The monoisotopic (exact) mass is 291 g/mol.